The highest BCUT2D eigenvalue weighted by atomic mass is 32.2. The third-order valence-corrected chi connectivity index (χ3v) is 6.74. The molecule has 0 fully saturated rings. The van der Waals surface area contributed by atoms with E-state index in [9.17, 15) is 18.0 Å². The van der Waals surface area contributed by atoms with Crippen LogP contribution in [0, 0.1) is 0 Å². The van der Waals surface area contributed by atoms with Crippen LogP contribution in [-0.4, -0.2) is 34.0 Å². The molecule has 3 aromatic carbocycles. The highest BCUT2D eigenvalue weighted by Gasteiger charge is 2.20. The van der Waals surface area contributed by atoms with E-state index in [2.05, 4.69) is 10.0 Å². The summed E-state index contributed by atoms with van der Waals surface area (Å²) in [6, 6.07) is 17.7. The second kappa shape index (κ2) is 11.5. The van der Waals surface area contributed by atoms with Crippen molar-refractivity contribution in [3.05, 3.63) is 83.4 Å². The summed E-state index contributed by atoms with van der Waals surface area (Å²) in [7, 11) is -2.49. The minimum Gasteiger partial charge on any atom is -0.497 e. The third-order valence-electron chi connectivity index (χ3n) is 5.36. The molecule has 0 saturated heterocycles. The second-order valence-electron chi connectivity index (χ2n) is 7.61. The number of carbonyl (C=O) groups excluding carboxylic acids is 2. The largest absolute Gasteiger partial charge is 0.497 e. The molecule has 184 valence electrons. The van der Waals surface area contributed by atoms with Gasteiger partial charge >= 0.3 is 5.97 Å². The number of methoxy groups -OCH3 is 1. The maximum absolute atomic E-state index is 12.8. The van der Waals surface area contributed by atoms with Crippen molar-refractivity contribution in [2.75, 3.05) is 23.8 Å². The van der Waals surface area contributed by atoms with E-state index >= 15 is 0 Å². The molecular weight excluding hydrogens is 468 g/mol. The minimum atomic E-state index is -3.97. The fourth-order valence-corrected chi connectivity index (χ4v) is 4.58. The highest BCUT2D eigenvalue weighted by molar-refractivity contribution is 7.92. The van der Waals surface area contributed by atoms with E-state index in [4.69, 9.17) is 9.47 Å². The van der Waals surface area contributed by atoms with E-state index in [-0.39, 0.29) is 16.1 Å². The number of anilines is 2. The van der Waals surface area contributed by atoms with E-state index in [1.807, 2.05) is 32.0 Å². The van der Waals surface area contributed by atoms with Gasteiger partial charge in [0, 0.05) is 5.69 Å². The lowest BCUT2D eigenvalue weighted by molar-refractivity contribution is -0.119. The van der Waals surface area contributed by atoms with Crippen LogP contribution >= 0.6 is 0 Å². The molecule has 35 heavy (non-hydrogen) atoms. The summed E-state index contributed by atoms with van der Waals surface area (Å²) in [5.74, 6) is -0.795. The SMILES string of the molecule is CCc1cccc(CC)c1NC(=O)COC(=O)c1ccccc1NS(=O)(=O)c1ccc(OC)cc1. The monoisotopic (exact) mass is 496 g/mol. The Bertz CT molecular complexity index is 1280. The van der Waals surface area contributed by atoms with Gasteiger partial charge in [-0.2, -0.15) is 0 Å². The zero-order chi connectivity index (χ0) is 25.4. The van der Waals surface area contributed by atoms with Crippen LogP contribution in [-0.2, 0) is 32.4 Å². The van der Waals surface area contributed by atoms with Crippen LogP contribution in [0.25, 0.3) is 0 Å². The Labute approximate surface area is 205 Å². The molecule has 0 bridgehead atoms. The van der Waals surface area contributed by atoms with Crippen LogP contribution in [0.5, 0.6) is 5.75 Å². The number of para-hydroxylation sites is 2. The number of hydrogen-bond acceptors (Lipinski definition) is 6. The molecule has 0 spiro atoms. The summed E-state index contributed by atoms with van der Waals surface area (Å²) in [5, 5.41) is 2.83. The van der Waals surface area contributed by atoms with Crippen LogP contribution in [0.1, 0.15) is 35.3 Å². The summed E-state index contributed by atoms with van der Waals surface area (Å²) in [6.45, 7) is 3.47. The lowest BCUT2D eigenvalue weighted by Crippen LogP contribution is -2.23. The Morgan fingerprint density at radius 2 is 1.49 bits per heavy atom. The average molecular weight is 497 g/mol. The molecule has 0 aromatic heterocycles. The summed E-state index contributed by atoms with van der Waals surface area (Å²) >= 11 is 0. The molecule has 0 radical (unpaired) electrons. The molecule has 0 saturated carbocycles. The molecule has 3 aromatic rings. The summed E-state index contributed by atoms with van der Waals surface area (Å²) < 4.78 is 38.3. The first-order valence-corrected chi connectivity index (χ1v) is 12.6. The molecular formula is C26H28N2O6S. The second-order valence-corrected chi connectivity index (χ2v) is 9.29. The van der Waals surface area contributed by atoms with Gasteiger partial charge in [-0.3, -0.25) is 9.52 Å². The number of amides is 1. The van der Waals surface area contributed by atoms with Crippen LogP contribution in [0.15, 0.2) is 71.6 Å². The van der Waals surface area contributed by atoms with Crippen molar-refractivity contribution in [3.63, 3.8) is 0 Å². The van der Waals surface area contributed by atoms with Crippen molar-refractivity contribution in [3.8, 4) is 5.75 Å². The standard InChI is InChI=1S/C26H28N2O6S/c1-4-18-9-8-10-19(5-2)25(18)27-24(29)17-34-26(30)22-11-6-7-12-23(22)28-35(31,32)21-15-13-20(33-3)14-16-21/h6-16,28H,4-5,17H2,1-3H3,(H,27,29). The molecule has 2 N–H and O–H groups in total. The van der Waals surface area contributed by atoms with Gasteiger partial charge in [-0.05, 0) is 60.4 Å². The predicted octanol–water partition coefficient (Wildman–Crippen LogP) is 4.42. The van der Waals surface area contributed by atoms with Crippen molar-refractivity contribution in [1.82, 2.24) is 0 Å². The summed E-state index contributed by atoms with van der Waals surface area (Å²) in [6.07, 6.45) is 1.48. The molecule has 0 heterocycles. The summed E-state index contributed by atoms with van der Waals surface area (Å²) in [5.41, 5.74) is 2.73. The number of nitrogens with one attached hydrogen (secondary N) is 2. The number of rotatable bonds is 10. The molecule has 0 aliphatic carbocycles. The Hall–Kier alpha value is -3.85. The van der Waals surface area contributed by atoms with Crippen LogP contribution < -0.4 is 14.8 Å². The Morgan fingerprint density at radius 3 is 2.09 bits per heavy atom. The fraction of sp³-hybridized carbons (Fsp3) is 0.231. The minimum absolute atomic E-state index is 0.00201. The molecule has 0 unspecified atom stereocenters. The van der Waals surface area contributed by atoms with Gasteiger partial charge in [-0.1, -0.05) is 44.2 Å². The number of esters is 1. The molecule has 3 rings (SSSR count). The molecule has 0 aliphatic rings. The number of sulfonamides is 1. The van der Waals surface area contributed by atoms with E-state index < -0.39 is 28.5 Å². The topological polar surface area (TPSA) is 111 Å². The van der Waals surface area contributed by atoms with E-state index in [1.54, 1.807) is 12.1 Å². The third kappa shape index (κ3) is 6.39. The zero-order valence-electron chi connectivity index (χ0n) is 19.8. The summed E-state index contributed by atoms with van der Waals surface area (Å²) in [4.78, 5) is 25.2. The lowest BCUT2D eigenvalue weighted by atomic mass is 10.0. The van der Waals surface area contributed by atoms with E-state index in [0.29, 0.717) is 5.75 Å². The first kappa shape index (κ1) is 25.8. The van der Waals surface area contributed by atoms with Gasteiger partial charge in [0.1, 0.15) is 5.75 Å². The predicted molar refractivity (Wildman–Crippen MR) is 134 cm³/mol. The average Bonchev–Trinajstić information content (AvgIpc) is 2.87. The van der Waals surface area contributed by atoms with E-state index in [1.165, 1.54) is 43.5 Å². The number of hydrogen-bond donors (Lipinski definition) is 2. The van der Waals surface area contributed by atoms with Gasteiger partial charge in [-0.15, -0.1) is 0 Å². The number of aryl methyl sites for hydroxylation is 2. The number of benzene rings is 3. The molecule has 0 aliphatic heterocycles. The molecule has 9 heteroatoms. The highest BCUT2D eigenvalue weighted by Crippen LogP contribution is 2.24. The van der Waals surface area contributed by atoms with Crippen molar-refractivity contribution < 1.29 is 27.5 Å². The van der Waals surface area contributed by atoms with Crippen LogP contribution in [0.3, 0.4) is 0 Å². The van der Waals surface area contributed by atoms with E-state index in [0.717, 1.165) is 29.7 Å². The van der Waals surface area contributed by atoms with Crippen molar-refractivity contribution in [2.24, 2.45) is 0 Å². The van der Waals surface area contributed by atoms with Gasteiger partial charge in [0.2, 0.25) is 0 Å². The van der Waals surface area contributed by atoms with Crippen LogP contribution in [0.4, 0.5) is 11.4 Å². The first-order valence-electron chi connectivity index (χ1n) is 11.1. The normalized spacial score (nSPS) is 10.9. The van der Waals surface area contributed by atoms with Crippen molar-refractivity contribution >= 4 is 33.3 Å². The Morgan fingerprint density at radius 1 is 0.857 bits per heavy atom. The van der Waals surface area contributed by atoms with Gasteiger partial charge in [0.05, 0.1) is 23.3 Å². The van der Waals surface area contributed by atoms with Gasteiger partial charge in [-0.25, -0.2) is 13.2 Å². The Balaban J connectivity index is 1.71. The first-order chi connectivity index (χ1) is 16.8. The maximum atomic E-state index is 12.8. The van der Waals surface area contributed by atoms with Crippen molar-refractivity contribution in [1.29, 1.82) is 0 Å². The lowest BCUT2D eigenvalue weighted by Gasteiger charge is -2.15. The zero-order valence-corrected chi connectivity index (χ0v) is 20.6. The molecule has 8 nitrogen and oxygen atoms in total. The Kier molecular flexibility index (Phi) is 8.48. The molecule has 0 atom stereocenters. The quantitative estimate of drug-likeness (QED) is 0.402. The molecule has 1 amide bonds. The van der Waals surface area contributed by atoms with Crippen LogP contribution in [0.2, 0.25) is 0 Å². The van der Waals surface area contributed by atoms with Gasteiger partial charge < -0.3 is 14.8 Å². The number of ether oxygens (including phenoxy) is 2. The maximum Gasteiger partial charge on any atom is 0.340 e. The fourth-order valence-electron chi connectivity index (χ4n) is 3.50. The van der Waals surface area contributed by atoms with Gasteiger partial charge in [0.15, 0.2) is 6.61 Å². The van der Waals surface area contributed by atoms with Gasteiger partial charge in [0.25, 0.3) is 15.9 Å². The smallest absolute Gasteiger partial charge is 0.340 e. The number of carbonyl (C=O) groups is 2. The van der Waals surface area contributed by atoms with Crippen molar-refractivity contribution in [2.45, 2.75) is 31.6 Å².